The van der Waals surface area contributed by atoms with Crippen molar-refractivity contribution in [2.24, 2.45) is 0 Å². The van der Waals surface area contributed by atoms with E-state index in [-0.39, 0.29) is 5.28 Å². The Bertz CT molecular complexity index is 720. The van der Waals surface area contributed by atoms with Crippen molar-refractivity contribution in [2.75, 3.05) is 4.72 Å². The normalized spacial score (nSPS) is 10.3. The molecule has 0 saturated heterocycles. The van der Waals surface area contributed by atoms with E-state index < -0.39 is 0 Å². The highest BCUT2D eigenvalue weighted by Crippen LogP contribution is 2.24. The van der Waals surface area contributed by atoms with Crippen molar-refractivity contribution >= 4 is 29.4 Å². The van der Waals surface area contributed by atoms with Crippen LogP contribution in [0.15, 0.2) is 71.6 Å². The molecular weight excluding hydrogens is 302 g/mol. The number of hydrogen-bond acceptors (Lipinski definition) is 4. The number of aromatic nitrogens is 2. The molecule has 0 aliphatic rings. The van der Waals surface area contributed by atoms with Gasteiger partial charge in [0, 0.05) is 16.5 Å². The molecule has 3 nitrogen and oxygen atoms in total. The molecule has 0 amide bonds. The van der Waals surface area contributed by atoms with Crippen molar-refractivity contribution < 1.29 is 0 Å². The van der Waals surface area contributed by atoms with E-state index in [0.29, 0.717) is 5.82 Å². The van der Waals surface area contributed by atoms with Crippen molar-refractivity contribution in [1.29, 1.82) is 0 Å². The van der Waals surface area contributed by atoms with Gasteiger partial charge in [-0.25, -0.2) is 4.98 Å². The molecule has 5 heteroatoms. The second-order valence-electron chi connectivity index (χ2n) is 4.29. The number of benzene rings is 2. The second-order valence-corrected chi connectivity index (χ2v) is 5.51. The summed E-state index contributed by atoms with van der Waals surface area (Å²) in [5.41, 5.74) is 1.81. The van der Waals surface area contributed by atoms with E-state index in [9.17, 15) is 0 Å². The van der Waals surface area contributed by atoms with Gasteiger partial charge in [0.2, 0.25) is 5.28 Å². The lowest BCUT2D eigenvalue weighted by molar-refractivity contribution is 1.18. The van der Waals surface area contributed by atoms with Gasteiger partial charge in [-0.1, -0.05) is 48.5 Å². The first-order chi connectivity index (χ1) is 10.3. The van der Waals surface area contributed by atoms with Crippen LogP contribution in [0.1, 0.15) is 0 Å². The van der Waals surface area contributed by atoms with Crippen molar-refractivity contribution in [3.05, 3.63) is 72.0 Å². The Kier molecular flexibility index (Phi) is 4.38. The number of anilines is 1. The first-order valence-electron chi connectivity index (χ1n) is 6.39. The molecule has 1 N–H and O–H groups in total. The zero-order valence-electron chi connectivity index (χ0n) is 11.0. The number of hydrogen-bond donors (Lipinski definition) is 1. The zero-order valence-corrected chi connectivity index (χ0v) is 12.6. The standard InChI is InChI=1S/C16H12ClN3S/c17-16-18-14(12-7-3-1-4-8-12)11-15(19-16)20-21-13-9-5-2-6-10-13/h1-11H,(H,18,19,20). The van der Waals surface area contributed by atoms with Gasteiger partial charge < -0.3 is 4.72 Å². The third kappa shape index (κ3) is 3.74. The highest BCUT2D eigenvalue weighted by atomic mass is 35.5. The van der Waals surface area contributed by atoms with Crippen LogP contribution in [0.4, 0.5) is 5.82 Å². The molecule has 2 aromatic carbocycles. The lowest BCUT2D eigenvalue weighted by atomic mass is 10.1. The van der Waals surface area contributed by atoms with E-state index in [0.717, 1.165) is 16.2 Å². The molecule has 0 spiro atoms. The van der Waals surface area contributed by atoms with Crippen molar-refractivity contribution in [3.8, 4) is 11.3 Å². The summed E-state index contributed by atoms with van der Waals surface area (Å²) in [6, 6.07) is 21.8. The highest BCUT2D eigenvalue weighted by molar-refractivity contribution is 8.00. The molecule has 3 rings (SSSR count). The van der Waals surface area contributed by atoms with Gasteiger partial charge in [0.05, 0.1) is 5.69 Å². The molecule has 0 atom stereocenters. The van der Waals surface area contributed by atoms with E-state index in [1.165, 1.54) is 11.9 Å². The van der Waals surface area contributed by atoms with Crippen LogP contribution in [-0.4, -0.2) is 9.97 Å². The van der Waals surface area contributed by atoms with Crippen molar-refractivity contribution in [1.82, 2.24) is 9.97 Å². The van der Waals surface area contributed by atoms with Gasteiger partial charge in [-0.3, -0.25) is 0 Å². The van der Waals surface area contributed by atoms with Gasteiger partial charge in [-0.2, -0.15) is 4.98 Å². The third-order valence-corrected chi connectivity index (χ3v) is 3.77. The average molecular weight is 314 g/mol. The molecule has 3 aromatic rings. The molecule has 0 saturated carbocycles. The summed E-state index contributed by atoms with van der Waals surface area (Å²) in [7, 11) is 0. The quantitative estimate of drug-likeness (QED) is 0.548. The molecule has 0 bridgehead atoms. The molecule has 0 aliphatic heterocycles. The summed E-state index contributed by atoms with van der Waals surface area (Å²) in [6.07, 6.45) is 0. The van der Waals surface area contributed by atoms with E-state index in [4.69, 9.17) is 11.6 Å². The van der Waals surface area contributed by atoms with Crippen LogP contribution in [0.2, 0.25) is 5.28 Å². The van der Waals surface area contributed by atoms with Crippen molar-refractivity contribution in [2.45, 2.75) is 4.90 Å². The minimum Gasteiger partial charge on any atom is -0.310 e. The molecule has 104 valence electrons. The number of nitrogens with one attached hydrogen (secondary N) is 1. The van der Waals surface area contributed by atoms with Gasteiger partial charge in [-0.05, 0) is 35.7 Å². The molecule has 1 heterocycles. The number of halogens is 1. The molecule has 0 radical (unpaired) electrons. The topological polar surface area (TPSA) is 37.8 Å². The van der Waals surface area contributed by atoms with E-state index in [2.05, 4.69) is 14.7 Å². The SMILES string of the molecule is Clc1nc(NSc2ccccc2)cc(-c2ccccc2)n1. The average Bonchev–Trinajstić information content (AvgIpc) is 2.54. The van der Waals surface area contributed by atoms with Crippen LogP contribution in [0, 0.1) is 0 Å². The van der Waals surface area contributed by atoms with Crippen LogP contribution in [0.5, 0.6) is 0 Å². The molecule has 0 aliphatic carbocycles. The fourth-order valence-corrected chi connectivity index (χ4v) is 2.63. The van der Waals surface area contributed by atoms with E-state index in [1.54, 1.807) is 0 Å². The number of rotatable bonds is 4. The zero-order chi connectivity index (χ0) is 14.5. The predicted octanol–water partition coefficient (Wildman–Crippen LogP) is 4.92. The smallest absolute Gasteiger partial charge is 0.224 e. The molecule has 0 fully saturated rings. The first-order valence-corrected chi connectivity index (χ1v) is 7.58. The number of nitrogens with zero attached hydrogens (tertiary/aromatic N) is 2. The minimum atomic E-state index is 0.229. The monoisotopic (exact) mass is 313 g/mol. The maximum absolute atomic E-state index is 6.01. The Morgan fingerprint density at radius 1 is 0.857 bits per heavy atom. The Balaban J connectivity index is 1.82. The molecule has 0 unspecified atom stereocenters. The predicted molar refractivity (Wildman–Crippen MR) is 88.4 cm³/mol. The molecule has 21 heavy (non-hydrogen) atoms. The third-order valence-electron chi connectivity index (χ3n) is 2.79. The maximum Gasteiger partial charge on any atom is 0.224 e. The summed E-state index contributed by atoms with van der Waals surface area (Å²) in [6.45, 7) is 0. The fourth-order valence-electron chi connectivity index (χ4n) is 1.83. The highest BCUT2D eigenvalue weighted by Gasteiger charge is 2.05. The maximum atomic E-state index is 6.01. The summed E-state index contributed by atoms with van der Waals surface area (Å²) in [5.74, 6) is 0.683. The Morgan fingerprint density at radius 2 is 1.52 bits per heavy atom. The Labute approximate surface area is 132 Å². The lowest BCUT2D eigenvalue weighted by Gasteiger charge is -2.07. The van der Waals surface area contributed by atoms with Gasteiger partial charge in [0.15, 0.2) is 0 Å². The summed E-state index contributed by atoms with van der Waals surface area (Å²) >= 11 is 7.50. The van der Waals surface area contributed by atoms with Crippen molar-refractivity contribution in [3.63, 3.8) is 0 Å². The molecular formula is C16H12ClN3S. The van der Waals surface area contributed by atoms with Gasteiger partial charge in [-0.15, -0.1) is 0 Å². The summed E-state index contributed by atoms with van der Waals surface area (Å²) in [4.78, 5) is 9.57. The lowest BCUT2D eigenvalue weighted by Crippen LogP contribution is -1.95. The first kappa shape index (κ1) is 13.9. The van der Waals surface area contributed by atoms with Crippen LogP contribution < -0.4 is 4.72 Å². The Hall–Kier alpha value is -2.04. The molecule has 1 aromatic heterocycles. The van der Waals surface area contributed by atoms with Crippen LogP contribution in [0.25, 0.3) is 11.3 Å². The van der Waals surface area contributed by atoms with Gasteiger partial charge in [0.1, 0.15) is 5.82 Å². The fraction of sp³-hybridized carbons (Fsp3) is 0. The van der Waals surface area contributed by atoms with E-state index in [1.807, 2.05) is 66.7 Å². The summed E-state index contributed by atoms with van der Waals surface area (Å²) in [5, 5.41) is 0.229. The largest absolute Gasteiger partial charge is 0.310 e. The Morgan fingerprint density at radius 3 is 2.24 bits per heavy atom. The minimum absolute atomic E-state index is 0.229. The van der Waals surface area contributed by atoms with Gasteiger partial charge >= 0.3 is 0 Å². The van der Waals surface area contributed by atoms with E-state index >= 15 is 0 Å². The van der Waals surface area contributed by atoms with Crippen LogP contribution in [0.3, 0.4) is 0 Å². The summed E-state index contributed by atoms with van der Waals surface area (Å²) < 4.78 is 3.19. The second kappa shape index (κ2) is 6.61. The van der Waals surface area contributed by atoms with Gasteiger partial charge in [0.25, 0.3) is 0 Å². The van der Waals surface area contributed by atoms with Crippen LogP contribution in [-0.2, 0) is 0 Å². The van der Waals surface area contributed by atoms with Crippen LogP contribution >= 0.6 is 23.5 Å².